The van der Waals surface area contributed by atoms with E-state index in [9.17, 15) is 19.2 Å². The van der Waals surface area contributed by atoms with E-state index in [1.54, 1.807) is 30.3 Å². The minimum atomic E-state index is -0.818. The summed E-state index contributed by atoms with van der Waals surface area (Å²) < 4.78 is 7.07. The summed E-state index contributed by atoms with van der Waals surface area (Å²) in [5.41, 5.74) is -0.902. The Morgan fingerprint density at radius 3 is 2.50 bits per heavy atom. The van der Waals surface area contributed by atoms with E-state index in [2.05, 4.69) is 10.6 Å². The Kier molecular flexibility index (Phi) is 7.29. The van der Waals surface area contributed by atoms with E-state index < -0.39 is 36.2 Å². The SMILES string of the molecule is COc1ccc(Cl)cc1NC(=O)Cn1c(=O)n(CC(=O)NCCO)c(=O)c2ccccc21. The first-order chi connectivity index (χ1) is 15.3. The Balaban J connectivity index is 2.00. The molecule has 0 bridgehead atoms. The van der Waals surface area contributed by atoms with Gasteiger partial charge in [-0.1, -0.05) is 23.7 Å². The molecule has 2 amide bonds. The van der Waals surface area contributed by atoms with E-state index in [-0.39, 0.29) is 24.1 Å². The van der Waals surface area contributed by atoms with Crippen LogP contribution in [0.1, 0.15) is 0 Å². The van der Waals surface area contributed by atoms with Crippen LogP contribution in [-0.2, 0) is 22.7 Å². The molecule has 1 heterocycles. The summed E-state index contributed by atoms with van der Waals surface area (Å²) in [6.07, 6.45) is 0. The summed E-state index contributed by atoms with van der Waals surface area (Å²) in [7, 11) is 1.44. The molecule has 0 atom stereocenters. The second-order valence-electron chi connectivity index (χ2n) is 6.74. The van der Waals surface area contributed by atoms with Gasteiger partial charge < -0.3 is 20.5 Å². The maximum absolute atomic E-state index is 13.0. The number of aliphatic hydroxyl groups excluding tert-OH is 1. The monoisotopic (exact) mass is 460 g/mol. The van der Waals surface area contributed by atoms with Crippen molar-refractivity contribution in [2.75, 3.05) is 25.6 Å². The van der Waals surface area contributed by atoms with Gasteiger partial charge in [-0.2, -0.15) is 0 Å². The minimum Gasteiger partial charge on any atom is -0.495 e. The van der Waals surface area contributed by atoms with Gasteiger partial charge in [0.15, 0.2) is 0 Å². The first-order valence-corrected chi connectivity index (χ1v) is 9.96. The van der Waals surface area contributed by atoms with Crippen molar-refractivity contribution < 1.29 is 19.4 Å². The lowest BCUT2D eigenvalue weighted by Gasteiger charge is -2.15. The molecule has 0 aliphatic rings. The van der Waals surface area contributed by atoms with Crippen LogP contribution in [0.5, 0.6) is 5.75 Å². The topological polar surface area (TPSA) is 132 Å². The van der Waals surface area contributed by atoms with Gasteiger partial charge in [0.05, 0.1) is 30.3 Å². The fourth-order valence-electron chi connectivity index (χ4n) is 3.17. The number of methoxy groups -OCH3 is 1. The summed E-state index contributed by atoms with van der Waals surface area (Å²) in [6, 6.07) is 11.0. The molecular formula is C21H21ClN4O6. The number of hydrogen-bond donors (Lipinski definition) is 3. The van der Waals surface area contributed by atoms with Crippen molar-refractivity contribution in [3.63, 3.8) is 0 Å². The number of rotatable bonds is 8. The number of amides is 2. The Morgan fingerprint density at radius 1 is 1.06 bits per heavy atom. The predicted molar refractivity (Wildman–Crippen MR) is 119 cm³/mol. The number of hydrogen-bond acceptors (Lipinski definition) is 6. The molecule has 1 aromatic heterocycles. The molecule has 0 saturated carbocycles. The van der Waals surface area contributed by atoms with E-state index in [0.29, 0.717) is 16.5 Å². The van der Waals surface area contributed by atoms with Crippen molar-refractivity contribution in [2.45, 2.75) is 13.1 Å². The summed E-state index contributed by atoms with van der Waals surface area (Å²) in [5, 5.41) is 14.4. The Morgan fingerprint density at radius 2 is 1.78 bits per heavy atom. The van der Waals surface area contributed by atoms with Crippen molar-refractivity contribution in [2.24, 2.45) is 0 Å². The van der Waals surface area contributed by atoms with Crippen molar-refractivity contribution in [1.82, 2.24) is 14.5 Å². The third kappa shape index (κ3) is 4.98. The number of halogens is 1. The van der Waals surface area contributed by atoms with Gasteiger partial charge in [-0.25, -0.2) is 4.79 Å². The highest BCUT2D eigenvalue weighted by molar-refractivity contribution is 6.31. The third-order valence-corrected chi connectivity index (χ3v) is 4.84. The van der Waals surface area contributed by atoms with Crippen LogP contribution in [0.2, 0.25) is 5.02 Å². The number of para-hydroxylation sites is 1. The molecule has 10 nitrogen and oxygen atoms in total. The average Bonchev–Trinajstić information content (AvgIpc) is 2.78. The maximum Gasteiger partial charge on any atom is 0.332 e. The van der Waals surface area contributed by atoms with Crippen LogP contribution in [0.15, 0.2) is 52.1 Å². The second kappa shape index (κ2) is 10.1. The van der Waals surface area contributed by atoms with Gasteiger partial charge in [-0.3, -0.25) is 23.5 Å². The second-order valence-corrected chi connectivity index (χ2v) is 7.18. The number of carbonyl (C=O) groups is 2. The molecule has 0 aliphatic heterocycles. The first-order valence-electron chi connectivity index (χ1n) is 9.59. The molecule has 168 valence electrons. The lowest BCUT2D eigenvalue weighted by Crippen LogP contribution is -2.45. The van der Waals surface area contributed by atoms with E-state index in [0.717, 1.165) is 9.13 Å². The predicted octanol–water partition coefficient (Wildman–Crippen LogP) is 0.572. The van der Waals surface area contributed by atoms with E-state index in [1.807, 2.05) is 0 Å². The zero-order valence-corrected chi connectivity index (χ0v) is 17.9. The summed E-state index contributed by atoms with van der Waals surface area (Å²) in [5.74, 6) is -0.800. The molecule has 0 radical (unpaired) electrons. The molecule has 0 unspecified atom stereocenters. The number of nitrogens with one attached hydrogen (secondary N) is 2. The summed E-state index contributed by atoms with van der Waals surface area (Å²) in [6.45, 7) is -1.27. The summed E-state index contributed by atoms with van der Waals surface area (Å²) >= 11 is 5.99. The van der Waals surface area contributed by atoms with Crippen LogP contribution in [0, 0.1) is 0 Å². The molecule has 3 N–H and O–H groups in total. The van der Waals surface area contributed by atoms with Crippen LogP contribution in [0.4, 0.5) is 5.69 Å². The Bertz CT molecular complexity index is 1280. The van der Waals surface area contributed by atoms with Crippen molar-refractivity contribution in [1.29, 1.82) is 0 Å². The molecule has 3 aromatic rings. The highest BCUT2D eigenvalue weighted by atomic mass is 35.5. The van der Waals surface area contributed by atoms with Gasteiger partial charge in [-0.15, -0.1) is 0 Å². The zero-order valence-electron chi connectivity index (χ0n) is 17.1. The minimum absolute atomic E-state index is 0.0147. The zero-order chi connectivity index (χ0) is 23.3. The normalized spacial score (nSPS) is 10.7. The number of aliphatic hydroxyl groups is 1. The van der Waals surface area contributed by atoms with Crippen LogP contribution in [-0.4, -0.2) is 46.3 Å². The van der Waals surface area contributed by atoms with Gasteiger partial charge in [0.25, 0.3) is 5.56 Å². The van der Waals surface area contributed by atoms with Gasteiger partial charge in [0.1, 0.15) is 18.8 Å². The van der Waals surface area contributed by atoms with Gasteiger partial charge in [0.2, 0.25) is 11.8 Å². The quantitative estimate of drug-likeness (QED) is 0.450. The van der Waals surface area contributed by atoms with Gasteiger partial charge >= 0.3 is 5.69 Å². The highest BCUT2D eigenvalue weighted by Crippen LogP contribution is 2.27. The van der Waals surface area contributed by atoms with Crippen molar-refractivity contribution in [3.05, 3.63) is 68.3 Å². The fraction of sp³-hybridized carbons (Fsp3) is 0.238. The van der Waals surface area contributed by atoms with Gasteiger partial charge in [0, 0.05) is 11.6 Å². The fourth-order valence-corrected chi connectivity index (χ4v) is 3.34. The van der Waals surface area contributed by atoms with E-state index in [1.165, 1.54) is 19.2 Å². The molecule has 0 aliphatic carbocycles. The molecule has 3 rings (SSSR count). The Hall–Kier alpha value is -3.63. The molecule has 32 heavy (non-hydrogen) atoms. The lowest BCUT2D eigenvalue weighted by molar-refractivity contribution is -0.121. The van der Waals surface area contributed by atoms with E-state index >= 15 is 0 Å². The summed E-state index contributed by atoms with van der Waals surface area (Å²) in [4.78, 5) is 50.7. The standard InChI is InChI=1S/C21H21ClN4O6/c1-32-17-7-6-13(22)10-15(17)24-19(29)12-25-16-5-3-2-4-14(16)20(30)26(21(25)31)11-18(28)23-8-9-27/h2-7,10,27H,8-9,11-12H2,1H3,(H,23,28)(H,24,29). The molecule has 0 fully saturated rings. The number of ether oxygens (including phenoxy) is 1. The maximum atomic E-state index is 13.0. The molecule has 0 saturated heterocycles. The highest BCUT2D eigenvalue weighted by Gasteiger charge is 2.18. The lowest BCUT2D eigenvalue weighted by atomic mass is 10.2. The number of nitrogens with zero attached hydrogens (tertiary/aromatic N) is 2. The first kappa shape index (κ1) is 23.0. The van der Waals surface area contributed by atoms with Crippen LogP contribution in [0.25, 0.3) is 10.9 Å². The van der Waals surface area contributed by atoms with Crippen LogP contribution in [0.3, 0.4) is 0 Å². The average molecular weight is 461 g/mol. The third-order valence-electron chi connectivity index (χ3n) is 4.61. The number of fused-ring (bicyclic) bond motifs is 1. The molecule has 2 aromatic carbocycles. The van der Waals surface area contributed by atoms with Gasteiger partial charge in [-0.05, 0) is 30.3 Å². The smallest absolute Gasteiger partial charge is 0.332 e. The van der Waals surface area contributed by atoms with Crippen LogP contribution >= 0.6 is 11.6 Å². The number of aromatic nitrogens is 2. The molecule has 11 heteroatoms. The number of anilines is 1. The number of benzene rings is 2. The Labute approximate surface area is 187 Å². The molecule has 0 spiro atoms. The van der Waals surface area contributed by atoms with E-state index in [4.69, 9.17) is 21.4 Å². The largest absolute Gasteiger partial charge is 0.495 e. The molecular weight excluding hydrogens is 440 g/mol. The van der Waals surface area contributed by atoms with Crippen molar-refractivity contribution in [3.8, 4) is 5.75 Å². The van der Waals surface area contributed by atoms with Crippen molar-refractivity contribution >= 4 is 40.0 Å². The number of carbonyl (C=O) groups excluding carboxylic acids is 2. The van der Waals surface area contributed by atoms with Crippen LogP contribution < -0.4 is 26.6 Å².